The summed E-state index contributed by atoms with van der Waals surface area (Å²) in [7, 11) is 0. The second kappa shape index (κ2) is 6.40. The fourth-order valence-electron chi connectivity index (χ4n) is 2.17. The Balaban J connectivity index is 1.52. The number of nitrogens with zero attached hydrogens (tertiary/aromatic N) is 1. The van der Waals surface area contributed by atoms with E-state index >= 15 is 0 Å². The second-order valence-electron chi connectivity index (χ2n) is 4.66. The van der Waals surface area contributed by atoms with E-state index in [4.69, 9.17) is 0 Å². The molecule has 0 spiro atoms. The average Bonchev–Trinajstić information content (AvgIpc) is 3.17. The Morgan fingerprint density at radius 2 is 2.09 bits per heavy atom. The highest BCUT2D eigenvalue weighted by atomic mass is 32.1. The summed E-state index contributed by atoms with van der Waals surface area (Å²) in [5, 5.41) is 8.32. The topological polar surface area (TPSA) is 86.9 Å². The fourth-order valence-corrected chi connectivity index (χ4v) is 2.69. The highest BCUT2D eigenvalue weighted by molar-refractivity contribution is 7.13. The van der Waals surface area contributed by atoms with Gasteiger partial charge in [-0.15, -0.1) is 11.3 Å². The van der Waals surface area contributed by atoms with Gasteiger partial charge in [0, 0.05) is 35.2 Å². The standard InChI is InChI=1S/C15H14N4O2S/c20-13(14(21)19-15-17-7-8-22-15)16-6-5-10-9-18-12-4-2-1-3-11(10)12/h1-4,7-9,18H,5-6H2,(H,16,20)(H,17,19,21). The minimum absolute atomic E-state index is 0.395. The molecule has 7 heteroatoms. The highest BCUT2D eigenvalue weighted by Crippen LogP contribution is 2.17. The molecule has 0 atom stereocenters. The van der Waals surface area contributed by atoms with Crippen LogP contribution in [0, 0.1) is 0 Å². The number of rotatable bonds is 4. The first-order valence-corrected chi connectivity index (χ1v) is 7.65. The van der Waals surface area contributed by atoms with Crippen molar-refractivity contribution in [2.24, 2.45) is 0 Å². The van der Waals surface area contributed by atoms with Crippen molar-refractivity contribution in [2.45, 2.75) is 6.42 Å². The van der Waals surface area contributed by atoms with Gasteiger partial charge in [0.15, 0.2) is 5.13 Å². The number of hydrogen-bond donors (Lipinski definition) is 3. The molecule has 2 aromatic heterocycles. The van der Waals surface area contributed by atoms with E-state index in [0.717, 1.165) is 16.5 Å². The van der Waals surface area contributed by atoms with Gasteiger partial charge in [-0.1, -0.05) is 18.2 Å². The third kappa shape index (κ3) is 3.15. The predicted molar refractivity (Wildman–Crippen MR) is 85.8 cm³/mol. The average molecular weight is 314 g/mol. The summed E-state index contributed by atoms with van der Waals surface area (Å²) in [4.78, 5) is 30.4. The van der Waals surface area contributed by atoms with Crippen LogP contribution in [0.3, 0.4) is 0 Å². The molecule has 0 fully saturated rings. The summed E-state index contributed by atoms with van der Waals surface area (Å²) in [6, 6.07) is 7.96. The van der Waals surface area contributed by atoms with Gasteiger partial charge in [-0.05, 0) is 18.1 Å². The molecule has 3 rings (SSSR count). The largest absolute Gasteiger partial charge is 0.361 e. The molecule has 0 aliphatic rings. The zero-order valence-corrected chi connectivity index (χ0v) is 12.4. The molecule has 0 aliphatic heterocycles. The third-order valence-electron chi connectivity index (χ3n) is 3.21. The molecular weight excluding hydrogens is 300 g/mol. The van der Waals surface area contributed by atoms with Gasteiger partial charge in [-0.2, -0.15) is 0 Å². The minimum Gasteiger partial charge on any atom is -0.361 e. The van der Waals surface area contributed by atoms with Gasteiger partial charge in [-0.25, -0.2) is 4.98 Å². The summed E-state index contributed by atoms with van der Waals surface area (Å²) in [6.07, 6.45) is 4.14. The maximum absolute atomic E-state index is 11.7. The number of amides is 2. The van der Waals surface area contributed by atoms with Gasteiger partial charge in [0.25, 0.3) is 0 Å². The molecular formula is C15H14N4O2S. The Hall–Kier alpha value is -2.67. The number of hydrogen-bond acceptors (Lipinski definition) is 4. The highest BCUT2D eigenvalue weighted by Gasteiger charge is 2.14. The number of benzene rings is 1. The number of aromatic amines is 1. The Morgan fingerprint density at radius 1 is 1.23 bits per heavy atom. The number of H-pyrrole nitrogens is 1. The van der Waals surface area contributed by atoms with Gasteiger partial charge >= 0.3 is 11.8 Å². The van der Waals surface area contributed by atoms with Crippen LogP contribution in [0.25, 0.3) is 10.9 Å². The Kier molecular flexibility index (Phi) is 4.15. The molecule has 6 nitrogen and oxygen atoms in total. The monoisotopic (exact) mass is 314 g/mol. The first-order chi connectivity index (χ1) is 10.7. The van der Waals surface area contributed by atoms with Crippen LogP contribution < -0.4 is 10.6 Å². The van der Waals surface area contributed by atoms with Gasteiger partial charge < -0.3 is 10.3 Å². The first kappa shape index (κ1) is 14.3. The van der Waals surface area contributed by atoms with Crippen molar-refractivity contribution >= 4 is 39.2 Å². The Bertz CT molecular complexity index is 795. The number of carbonyl (C=O) groups is 2. The van der Waals surface area contributed by atoms with Crippen LogP contribution in [0.2, 0.25) is 0 Å². The van der Waals surface area contributed by atoms with Crippen LogP contribution in [-0.4, -0.2) is 28.3 Å². The van der Waals surface area contributed by atoms with E-state index in [1.165, 1.54) is 11.3 Å². The Labute approximate surface area is 130 Å². The fraction of sp³-hybridized carbons (Fsp3) is 0.133. The molecule has 22 heavy (non-hydrogen) atoms. The molecule has 0 unspecified atom stereocenters. The van der Waals surface area contributed by atoms with E-state index in [1.807, 2.05) is 30.5 Å². The normalized spacial score (nSPS) is 10.5. The third-order valence-corrected chi connectivity index (χ3v) is 3.90. The van der Waals surface area contributed by atoms with Crippen LogP contribution in [0.5, 0.6) is 0 Å². The van der Waals surface area contributed by atoms with E-state index in [1.54, 1.807) is 11.6 Å². The quantitative estimate of drug-likeness (QED) is 0.643. The molecule has 3 aromatic rings. The molecule has 0 radical (unpaired) electrons. The van der Waals surface area contributed by atoms with Crippen molar-refractivity contribution in [3.8, 4) is 0 Å². The molecule has 0 aliphatic carbocycles. The summed E-state index contributed by atoms with van der Waals surface area (Å²) in [5.74, 6) is -1.36. The lowest BCUT2D eigenvalue weighted by atomic mass is 10.1. The van der Waals surface area contributed by atoms with Crippen molar-refractivity contribution in [3.63, 3.8) is 0 Å². The summed E-state index contributed by atoms with van der Waals surface area (Å²) in [5.41, 5.74) is 2.17. The zero-order valence-electron chi connectivity index (χ0n) is 11.6. The van der Waals surface area contributed by atoms with Gasteiger partial charge in [0.1, 0.15) is 0 Å². The van der Waals surface area contributed by atoms with Crippen LogP contribution in [0.4, 0.5) is 5.13 Å². The van der Waals surface area contributed by atoms with Crippen molar-refractivity contribution in [3.05, 3.63) is 47.6 Å². The second-order valence-corrected chi connectivity index (χ2v) is 5.55. The van der Waals surface area contributed by atoms with E-state index in [-0.39, 0.29) is 0 Å². The number of thiazole rings is 1. The maximum atomic E-state index is 11.7. The number of fused-ring (bicyclic) bond motifs is 1. The van der Waals surface area contributed by atoms with Crippen LogP contribution in [-0.2, 0) is 16.0 Å². The van der Waals surface area contributed by atoms with Crippen LogP contribution in [0.15, 0.2) is 42.0 Å². The number of nitrogens with one attached hydrogen (secondary N) is 3. The van der Waals surface area contributed by atoms with Crippen molar-refractivity contribution in [2.75, 3.05) is 11.9 Å². The predicted octanol–water partition coefficient (Wildman–Crippen LogP) is 1.92. The number of aromatic nitrogens is 2. The SMILES string of the molecule is O=C(NCCc1c[nH]c2ccccc12)C(=O)Nc1nccs1. The number of para-hydroxylation sites is 1. The van der Waals surface area contributed by atoms with Crippen molar-refractivity contribution in [1.82, 2.24) is 15.3 Å². The smallest absolute Gasteiger partial charge is 0.315 e. The molecule has 2 heterocycles. The lowest BCUT2D eigenvalue weighted by Gasteiger charge is -2.04. The van der Waals surface area contributed by atoms with E-state index in [0.29, 0.717) is 18.1 Å². The molecule has 0 bridgehead atoms. The molecule has 1 aromatic carbocycles. The van der Waals surface area contributed by atoms with Gasteiger partial charge in [0.05, 0.1) is 0 Å². The molecule has 2 amide bonds. The maximum Gasteiger partial charge on any atom is 0.315 e. The van der Waals surface area contributed by atoms with Crippen molar-refractivity contribution in [1.29, 1.82) is 0 Å². The molecule has 0 saturated heterocycles. The first-order valence-electron chi connectivity index (χ1n) is 6.78. The summed E-state index contributed by atoms with van der Waals surface area (Å²) < 4.78 is 0. The molecule has 0 saturated carbocycles. The van der Waals surface area contributed by atoms with E-state index in [9.17, 15) is 9.59 Å². The summed E-state index contributed by atoms with van der Waals surface area (Å²) in [6.45, 7) is 0.395. The van der Waals surface area contributed by atoms with E-state index in [2.05, 4.69) is 20.6 Å². The lowest BCUT2D eigenvalue weighted by Crippen LogP contribution is -2.36. The van der Waals surface area contributed by atoms with Gasteiger partial charge in [-0.3, -0.25) is 14.9 Å². The number of anilines is 1. The van der Waals surface area contributed by atoms with Crippen LogP contribution >= 0.6 is 11.3 Å². The lowest BCUT2D eigenvalue weighted by molar-refractivity contribution is -0.136. The van der Waals surface area contributed by atoms with E-state index < -0.39 is 11.8 Å². The minimum atomic E-state index is -0.700. The van der Waals surface area contributed by atoms with Crippen molar-refractivity contribution < 1.29 is 9.59 Å². The molecule has 112 valence electrons. The molecule has 3 N–H and O–H groups in total. The van der Waals surface area contributed by atoms with Gasteiger partial charge in [0.2, 0.25) is 0 Å². The number of carbonyl (C=O) groups excluding carboxylic acids is 2. The van der Waals surface area contributed by atoms with Crippen LogP contribution in [0.1, 0.15) is 5.56 Å². The Morgan fingerprint density at radius 3 is 2.91 bits per heavy atom. The zero-order chi connectivity index (χ0) is 15.4. The summed E-state index contributed by atoms with van der Waals surface area (Å²) >= 11 is 1.26.